The van der Waals surface area contributed by atoms with Crippen molar-refractivity contribution < 1.29 is 24.3 Å². The molecule has 0 aliphatic carbocycles. The minimum absolute atomic E-state index is 0.0617. The zero-order valence-corrected chi connectivity index (χ0v) is 17.3. The summed E-state index contributed by atoms with van der Waals surface area (Å²) in [7, 11) is 1.58. The number of anilines is 1. The molecule has 1 aliphatic rings. The molecule has 0 aromatic heterocycles. The summed E-state index contributed by atoms with van der Waals surface area (Å²) in [6, 6.07) is 10.7. The molecular formula is C22H27N3O5. The van der Waals surface area contributed by atoms with Crippen LogP contribution >= 0.6 is 0 Å². The Morgan fingerprint density at radius 1 is 1.37 bits per heavy atom. The van der Waals surface area contributed by atoms with E-state index >= 15 is 0 Å². The van der Waals surface area contributed by atoms with E-state index in [9.17, 15) is 14.7 Å². The lowest BCUT2D eigenvalue weighted by molar-refractivity contribution is -0.118. The van der Waals surface area contributed by atoms with Crippen LogP contribution in [0.3, 0.4) is 0 Å². The number of methoxy groups -OCH3 is 1. The lowest BCUT2D eigenvalue weighted by atomic mass is 9.98. The second-order valence-corrected chi connectivity index (χ2v) is 7.46. The number of aliphatic hydroxyl groups excluding tert-OH is 1. The Morgan fingerprint density at radius 2 is 2.13 bits per heavy atom. The number of carbonyl (C=O) groups is 2. The molecule has 8 nitrogen and oxygen atoms in total. The molecule has 8 heteroatoms. The largest absolute Gasteiger partial charge is 0.496 e. The van der Waals surface area contributed by atoms with Gasteiger partial charge in [0.25, 0.3) is 0 Å². The van der Waals surface area contributed by atoms with Gasteiger partial charge in [-0.05, 0) is 30.7 Å². The van der Waals surface area contributed by atoms with Gasteiger partial charge in [-0.25, -0.2) is 0 Å². The minimum Gasteiger partial charge on any atom is -0.496 e. The van der Waals surface area contributed by atoms with Gasteiger partial charge in [0.15, 0.2) is 0 Å². The number of para-hydroxylation sites is 1. The first-order valence-electron chi connectivity index (χ1n) is 9.73. The third kappa shape index (κ3) is 4.96. The average molecular weight is 413 g/mol. The topological polar surface area (TPSA) is 114 Å². The molecular weight excluding hydrogens is 386 g/mol. The summed E-state index contributed by atoms with van der Waals surface area (Å²) in [5, 5.41) is 14.3. The number of ether oxygens (including phenoxy) is 1. The number of nitrogens with one attached hydrogen (secondary N) is 1. The molecule has 1 heterocycles. The number of primary amides is 1. The van der Waals surface area contributed by atoms with Crippen molar-refractivity contribution in [2.45, 2.75) is 26.5 Å². The van der Waals surface area contributed by atoms with Crippen molar-refractivity contribution in [3.05, 3.63) is 47.5 Å². The minimum atomic E-state index is -0.590. The molecule has 2 amide bonds. The molecule has 2 aromatic carbocycles. The monoisotopic (exact) mass is 413 g/mol. The van der Waals surface area contributed by atoms with E-state index < -0.39 is 12.0 Å². The molecule has 0 radical (unpaired) electrons. The number of hydrogen-bond donors (Lipinski definition) is 3. The maximum atomic E-state index is 11.8. The van der Waals surface area contributed by atoms with Gasteiger partial charge >= 0.3 is 0 Å². The van der Waals surface area contributed by atoms with Crippen molar-refractivity contribution in [3.63, 3.8) is 0 Å². The SMILES string of the molecule is COc1c(CN2C[C@@H]([C@H](C)O)CO2)cccc1-c1cc(NC(C)=O)cc(C(N)=O)c1. The van der Waals surface area contributed by atoms with Crippen molar-refractivity contribution in [3.8, 4) is 16.9 Å². The number of amides is 2. The molecule has 2 aromatic rings. The van der Waals surface area contributed by atoms with Crippen molar-refractivity contribution in [2.75, 3.05) is 25.6 Å². The summed E-state index contributed by atoms with van der Waals surface area (Å²) in [4.78, 5) is 29.0. The normalized spacial score (nSPS) is 17.5. The average Bonchev–Trinajstić information content (AvgIpc) is 3.16. The molecule has 1 fully saturated rings. The summed E-state index contributed by atoms with van der Waals surface area (Å²) in [5.74, 6) is -0.140. The van der Waals surface area contributed by atoms with Crippen LogP contribution in [0.15, 0.2) is 36.4 Å². The fourth-order valence-corrected chi connectivity index (χ4v) is 3.54. The highest BCUT2D eigenvalue weighted by Gasteiger charge is 2.28. The van der Waals surface area contributed by atoms with E-state index in [1.54, 1.807) is 26.2 Å². The Bertz CT molecular complexity index is 944. The highest BCUT2D eigenvalue weighted by Crippen LogP contribution is 2.36. The lowest BCUT2D eigenvalue weighted by Crippen LogP contribution is -2.24. The number of rotatable bonds is 7. The van der Waals surface area contributed by atoms with Crippen LogP contribution in [0.4, 0.5) is 5.69 Å². The van der Waals surface area contributed by atoms with Crippen LogP contribution in [0.5, 0.6) is 5.75 Å². The first-order valence-corrected chi connectivity index (χ1v) is 9.73. The van der Waals surface area contributed by atoms with Gasteiger partial charge in [-0.2, -0.15) is 5.06 Å². The van der Waals surface area contributed by atoms with Crippen molar-refractivity contribution in [1.82, 2.24) is 5.06 Å². The van der Waals surface area contributed by atoms with E-state index in [0.29, 0.717) is 36.7 Å². The van der Waals surface area contributed by atoms with Crippen LogP contribution in [-0.4, -0.2) is 48.3 Å². The summed E-state index contributed by atoms with van der Waals surface area (Å²) in [6.45, 7) is 4.73. The number of carbonyl (C=O) groups excluding carboxylic acids is 2. The predicted molar refractivity (Wildman–Crippen MR) is 113 cm³/mol. The van der Waals surface area contributed by atoms with E-state index in [2.05, 4.69) is 5.32 Å². The number of nitrogens with zero attached hydrogens (tertiary/aromatic N) is 1. The molecule has 4 N–H and O–H groups in total. The summed E-state index contributed by atoms with van der Waals surface area (Å²) in [6.07, 6.45) is -0.438. The fourth-order valence-electron chi connectivity index (χ4n) is 3.54. The van der Waals surface area contributed by atoms with Crippen LogP contribution < -0.4 is 15.8 Å². The predicted octanol–water partition coefficient (Wildman–Crippen LogP) is 2.16. The molecule has 0 spiro atoms. The zero-order chi connectivity index (χ0) is 21.8. The highest BCUT2D eigenvalue weighted by molar-refractivity contribution is 5.98. The Hall–Kier alpha value is -2.94. The molecule has 0 bridgehead atoms. The van der Waals surface area contributed by atoms with E-state index in [1.165, 1.54) is 13.0 Å². The molecule has 3 rings (SSSR count). The van der Waals surface area contributed by atoms with Crippen LogP contribution in [0.25, 0.3) is 11.1 Å². The number of benzene rings is 2. The van der Waals surface area contributed by atoms with Gasteiger partial charge in [0.05, 0.1) is 26.4 Å². The molecule has 160 valence electrons. The smallest absolute Gasteiger partial charge is 0.248 e. The van der Waals surface area contributed by atoms with E-state index in [4.69, 9.17) is 15.3 Å². The van der Waals surface area contributed by atoms with Gasteiger partial charge < -0.3 is 20.9 Å². The van der Waals surface area contributed by atoms with Crippen molar-refractivity contribution >= 4 is 17.5 Å². The van der Waals surface area contributed by atoms with E-state index in [0.717, 1.165) is 11.1 Å². The maximum Gasteiger partial charge on any atom is 0.248 e. The van der Waals surface area contributed by atoms with Crippen molar-refractivity contribution in [2.24, 2.45) is 11.7 Å². The van der Waals surface area contributed by atoms with Gasteiger partial charge in [0, 0.05) is 41.8 Å². The maximum absolute atomic E-state index is 11.8. The molecule has 2 atom stereocenters. The van der Waals surface area contributed by atoms with Crippen molar-refractivity contribution in [1.29, 1.82) is 0 Å². The molecule has 0 saturated carbocycles. The zero-order valence-electron chi connectivity index (χ0n) is 17.3. The van der Waals surface area contributed by atoms with Gasteiger partial charge in [-0.15, -0.1) is 0 Å². The second-order valence-electron chi connectivity index (χ2n) is 7.46. The first kappa shape index (κ1) is 21.8. The van der Waals surface area contributed by atoms with Gasteiger partial charge in [0.2, 0.25) is 11.8 Å². The van der Waals surface area contributed by atoms with Gasteiger partial charge in [0.1, 0.15) is 5.75 Å². The van der Waals surface area contributed by atoms with Crippen LogP contribution in [0, 0.1) is 5.92 Å². The standard InChI is InChI=1S/C22H27N3O5/c1-13(26)18-11-25(30-12-18)10-15-5-4-6-20(21(15)29-3)16-7-17(22(23)28)9-19(8-16)24-14(2)27/h4-9,13,18,26H,10-12H2,1-3H3,(H2,23,28)(H,24,27)/t13-,18+/m0/s1. The Morgan fingerprint density at radius 3 is 2.73 bits per heavy atom. The van der Waals surface area contributed by atoms with Gasteiger partial charge in [-0.1, -0.05) is 18.2 Å². The Balaban J connectivity index is 1.97. The van der Waals surface area contributed by atoms with Crippen LogP contribution in [0.1, 0.15) is 29.8 Å². The summed E-state index contributed by atoms with van der Waals surface area (Å²) in [5.41, 5.74) is 8.59. The number of aliphatic hydroxyl groups is 1. The Kier molecular flexibility index (Phi) is 6.71. The molecule has 1 saturated heterocycles. The highest BCUT2D eigenvalue weighted by atomic mass is 16.7. The molecule has 1 aliphatic heterocycles. The number of hydroxylamine groups is 2. The first-order chi connectivity index (χ1) is 14.3. The summed E-state index contributed by atoms with van der Waals surface area (Å²) < 4.78 is 5.70. The second kappa shape index (κ2) is 9.25. The van der Waals surface area contributed by atoms with Gasteiger partial charge in [-0.3, -0.25) is 14.4 Å². The molecule has 0 unspecified atom stereocenters. The molecule has 30 heavy (non-hydrogen) atoms. The fraction of sp³-hybridized carbons (Fsp3) is 0.364. The summed E-state index contributed by atoms with van der Waals surface area (Å²) >= 11 is 0. The van der Waals surface area contributed by atoms with E-state index in [1.807, 2.05) is 23.3 Å². The lowest BCUT2D eigenvalue weighted by Gasteiger charge is -2.19. The third-order valence-electron chi connectivity index (χ3n) is 5.09. The van der Waals surface area contributed by atoms with Crippen LogP contribution in [-0.2, 0) is 16.2 Å². The quantitative estimate of drug-likeness (QED) is 0.641. The van der Waals surface area contributed by atoms with Crippen LogP contribution in [0.2, 0.25) is 0 Å². The Labute approximate surface area is 175 Å². The third-order valence-corrected chi connectivity index (χ3v) is 5.09. The number of nitrogens with two attached hydrogens (primary N) is 1. The van der Waals surface area contributed by atoms with E-state index in [-0.39, 0.29) is 17.4 Å². The number of hydrogen-bond acceptors (Lipinski definition) is 6.